The number of nitrogens with one attached hydrogen (secondary N) is 1. The molecule has 0 aliphatic rings. The van der Waals surface area contributed by atoms with Crippen molar-refractivity contribution in [1.82, 2.24) is 10.2 Å². The first-order valence-corrected chi connectivity index (χ1v) is 6.44. The van der Waals surface area contributed by atoms with Gasteiger partial charge in [0.15, 0.2) is 0 Å². The van der Waals surface area contributed by atoms with E-state index in [4.69, 9.17) is 4.74 Å². The Morgan fingerprint density at radius 3 is 2.74 bits per heavy atom. The molecule has 1 aromatic heterocycles. The predicted octanol–water partition coefficient (Wildman–Crippen LogP) is 3.28. The number of hydrogen-bond donors (Lipinski definition) is 1. The molecule has 0 bridgehead atoms. The Bertz CT molecular complexity index is 532. The van der Waals surface area contributed by atoms with Crippen molar-refractivity contribution in [2.75, 3.05) is 6.61 Å². The van der Waals surface area contributed by atoms with Gasteiger partial charge in [0.05, 0.1) is 18.5 Å². The fraction of sp³-hybridized carbons (Fsp3) is 0.333. The molecule has 4 nitrogen and oxygen atoms in total. The molecule has 0 atom stereocenters. The molecule has 0 fully saturated rings. The molecular weight excluding hydrogens is 240 g/mol. The zero-order valence-electron chi connectivity index (χ0n) is 11.2. The Labute approximate surface area is 112 Å². The molecule has 19 heavy (non-hydrogen) atoms. The van der Waals surface area contributed by atoms with Crippen LogP contribution in [0.15, 0.2) is 36.5 Å². The van der Waals surface area contributed by atoms with Gasteiger partial charge in [0, 0.05) is 5.56 Å². The molecule has 4 heteroatoms. The summed E-state index contributed by atoms with van der Waals surface area (Å²) in [5.41, 5.74) is 2.11. The monoisotopic (exact) mass is 258 g/mol. The Hall–Kier alpha value is -2.10. The molecule has 1 N–H and O–H groups in total. The van der Waals surface area contributed by atoms with Gasteiger partial charge in [-0.05, 0) is 12.3 Å². The number of benzene rings is 1. The summed E-state index contributed by atoms with van der Waals surface area (Å²) in [6, 6.07) is 9.63. The number of aromatic amines is 1. The third-order valence-corrected chi connectivity index (χ3v) is 2.85. The molecule has 0 saturated carbocycles. The van der Waals surface area contributed by atoms with Gasteiger partial charge < -0.3 is 4.74 Å². The first kappa shape index (κ1) is 13.3. The van der Waals surface area contributed by atoms with E-state index in [9.17, 15) is 4.79 Å². The van der Waals surface area contributed by atoms with Crippen LogP contribution in [-0.4, -0.2) is 22.8 Å². The van der Waals surface area contributed by atoms with Crippen LogP contribution in [0.2, 0.25) is 0 Å². The number of esters is 1. The van der Waals surface area contributed by atoms with E-state index in [-0.39, 0.29) is 5.97 Å². The van der Waals surface area contributed by atoms with Gasteiger partial charge in [0.25, 0.3) is 0 Å². The molecule has 1 aromatic carbocycles. The van der Waals surface area contributed by atoms with Crippen LogP contribution in [0.25, 0.3) is 11.3 Å². The van der Waals surface area contributed by atoms with Crippen molar-refractivity contribution in [3.05, 3.63) is 42.1 Å². The average molecular weight is 258 g/mol. The van der Waals surface area contributed by atoms with Gasteiger partial charge in [-0.3, -0.25) is 5.10 Å². The number of ether oxygens (including phenoxy) is 1. The second-order valence-corrected chi connectivity index (χ2v) is 4.84. The summed E-state index contributed by atoms with van der Waals surface area (Å²) in [5, 5.41) is 6.79. The number of carbonyl (C=O) groups excluding carboxylic acids is 1. The lowest BCUT2D eigenvalue weighted by Crippen LogP contribution is -2.08. The summed E-state index contributed by atoms with van der Waals surface area (Å²) in [5.74, 6) is 0.194. The second kappa shape index (κ2) is 6.18. The lowest BCUT2D eigenvalue weighted by Gasteiger charge is -2.07. The fourth-order valence-corrected chi connectivity index (χ4v) is 1.73. The molecular formula is C15H18N2O2. The fourth-order valence-electron chi connectivity index (χ4n) is 1.73. The Morgan fingerprint density at radius 2 is 2.05 bits per heavy atom. The summed E-state index contributed by atoms with van der Waals surface area (Å²) in [7, 11) is 0. The summed E-state index contributed by atoms with van der Waals surface area (Å²) in [6.07, 6.45) is 2.38. The molecule has 100 valence electrons. The molecule has 0 aliphatic heterocycles. The zero-order chi connectivity index (χ0) is 13.7. The van der Waals surface area contributed by atoms with Crippen LogP contribution in [0.5, 0.6) is 0 Å². The highest BCUT2D eigenvalue weighted by Gasteiger charge is 2.16. The normalized spacial score (nSPS) is 10.7. The number of aromatic nitrogens is 2. The molecule has 1 heterocycles. The van der Waals surface area contributed by atoms with Crippen LogP contribution in [0.4, 0.5) is 0 Å². The van der Waals surface area contributed by atoms with Gasteiger partial charge in [0.1, 0.15) is 5.56 Å². The number of H-pyrrole nitrogens is 1. The quantitative estimate of drug-likeness (QED) is 0.837. The first-order chi connectivity index (χ1) is 9.18. The van der Waals surface area contributed by atoms with Crippen molar-refractivity contribution >= 4 is 5.97 Å². The third-order valence-electron chi connectivity index (χ3n) is 2.85. The topological polar surface area (TPSA) is 55.0 Å². The number of rotatable bonds is 5. The number of hydrogen-bond acceptors (Lipinski definition) is 3. The molecule has 0 amide bonds. The van der Waals surface area contributed by atoms with Crippen LogP contribution in [0, 0.1) is 5.92 Å². The Balaban J connectivity index is 2.09. The second-order valence-electron chi connectivity index (χ2n) is 4.84. The van der Waals surface area contributed by atoms with E-state index in [1.807, 2.05) is 30.3 Å². The van der Waals surface area contributed by atoms with Crippen molar-refractivity contribution in [3.63, 3.8) is 0 Å². The van der Waals surface area contributed by atoms with Crippen molar-refractivity contribution in [3.8, 4) is 11.3 Å². The van der Waals surface area contributed by atoms with E-state index in [1.54, 1.807) is 0 Å². The number of nitrogens with zero attached hydrogens (tertiary/aromatic N) is 1. The van der Waals surface area contributed by atoms with E-state index in [0.717, 1.165) is 12.0 Å². The van der Waals surface area contributed by atoms with Crippen molar-refractivity contribution in [2.45, 2.75) is 20.3 Å². The van der Waals surface area contributed by atoms with Gasteiger partial charge >= 0.3 is 5.97 Å². The van der Waals surface area contributed by atoms with Crippen LogP contribution in [-0.2, 0) is 4.74 Å². The van der Waals surface area contributed by atoms with E-state index in [0.29, 0.717) is 23.8 Å². The predicted molar refractivity (Wildman–Crippen MR) is 73.8 cm³/mol. The minimum Gasteiger partial charge on any atom is -0.462 e. The lowest BCUT2D eigenvalue weighted by atomic mass is 10.1. The highest BCUT2D eigenvalue weighted by atomic mass is 16.5. The van der Waals surface area contributed by atoms with Crippen LogP contribution >= 0.6 is 0 Å². The smallest absolute Gasteiger partial charge is 0.341 e. The Kier molecular flexibility index (Phi) is 4.34. The Morgan fingerprint density at radius 1 is 1.32 bits per heavy atom. The minimum atomic E-state index is -0.326. The van der Waals surface area contributed by atoms with Crippen molar-refractivity contribution in [2.24, 2.45) is 5.92 Å². The third kappa shape index (κ3) is 3.44. The summed E-state index contributed by atoms with van der Waals surface area (Å²) < 4.78 is 5.26. The maximum atomic E-state index is 12.0. The van der Waals surface area contributed by atoms with Gasteiger partial charge in [0.2, 0.25) is 0 Å². The highest BCUT2D eigenvalue weighted by molar-refractivity contribution is 5.95. The molecule has 0 aliphatic carbocycles. The van der Waals surface area contributed by atoms with E-state index in [1.165, 1.54) is 6.20 Å². The molecule has 2 aromatic rings. The summed E-state index contributed by atoms with van der Waals surface area (Å²) in [4.78, 5) is 12.0. The SMILES string of the molecule is CC(C)CCOC(=O)c1cn[nH]c1-c1ccccc1. The maximum Gasteiger partial charge on any atom is 0.341 e. The average Bonchev–Trinajstić information content (AvgIpc) is 2.88. The van der Waals surface area contributed by atoms with E-state index < -0.39 is 0 Å². The van der Waals surface area contributed by atoms with Gasteiger partial charge in [-0.25, -0.2) is 4.79 Å². The van der Waals surface area contributed by atoms with Crippen LogP contribution in [0.1, 0.15) is 30.6 Å². The lowest BCUT2D eigenvalue weighted by molar-refractivity contribution is 0.0489. The molecule has 0 spiro atoms. The maximum absolute atomic E-state index is 12.0. The van der Waals surface area contributed by atoms with Crippen LogP contribution < -0.4 is 0 Å². The summed E-state index contributed by atoms with van der Waals surface area (Å²) >= 11 is 0. The zero-order valence-corrected chi connectivity index (χ0v) is 11.2. The number of carbonyl (C=O) groups is 1. The van der Waals surface area contributed by atoms with Gasteiger partial charge in [-0.2, -0.15) is 5.10 Å². The van der Waals surface area contributed by atoms with Crippen molar-refractivity contribution < 1.29 is 9.53 Å². The largest absolute Gasteiger partial charge is 0.462 e. The van der Waals surface area contributed by atoms with Gasteiger partial charge in [-0.15, -0.1) is 0 Å². The molecule has 2 rings (SSSR count). The van der Waals surface area contributed by atoms with Crippen LogP contribution in [0.3, 0.4) is 0 Å². The molecule has 0 saturated heterocycles. The van der Waals surface area contributed by atoms with E-state index >= 15 is 0 Å². The van der Waals surface area contributed by atoms with Crippen molar-refractivity contribution in [1.29, 1.82) is 0 Å². The first-order valence-electron chi connectivity index (χ1n) is 6.44. The standard InChI is InChI=1S/C15H18N2O2/c1-11(2)8-9-19-15(18)13-10-16-17-14(13)12-6-4-3-5-7-12/h3-7,10-11H,8-9H2,1-2H3,(H,16,17). The molecule has 0 unspecified atom stereocenters. The van der Waals surface area contributed by atoms with E-state index in [2.05, 4.69) is 24.0 Å². The summed E-state index contributed by atoms with van der Waals surface area (Å²) in [6.45, 7) is 4.64. The molecule has 0 radical (unpaired) electrons. The minimum absolute atomic E-state index is 0.326. The highest BCUT2D eigenvalue weighted by Crippen LogP contribution is 2.21. The van der Waals surface area contributed by atoms with Gasteiger partial charge in [-0.1, -0.05) is 44.2 Å².